The van der Waals surface area contributed by atoms with Gasteiger partial charge in [0.2, 0.25) is 0 Å². The van der Waals surface area contributed by atoms with Crippen molar-refractivity contribution >= 4 is 38.8 Å². The van der Waals surface area contributed by atoms with Crippen LogP contribution in [0.4, 0.5) is 0 Å². The summed E-state index contributed by atoms with van der Waals surface area (Å²) in [5.41, 5.74) is 4.56. The van der Waals surface area contributed by atoms with Crippen LogP contribution in [-0.2, 0) is 4.12 Å². The van der Waals surface area contributed by atoms with Gasteiger partial charge < -0.3 is 23.1 Å². The molecule has 4 aromatic carbocycles. The molecule has 51 heavy (non-hydrogen) atoms. The van der Waals surface area contributed by atoms with Crippen molar-refractivity contribution in [3.05, 3.63) is 95.1 Å². The van der Waals surface area contributed by atoms with E-state index in [0.717, 1.165) is 96.6 Å². The molecule has 0 aromatic heterocycles. The molecule has 0 fully saturated rings. The third-order valence-corrected chi connectivity index (χ3v) is 15.1. The molecule has 0 saturated heterocycles. The fourth-order valence-electron chi connectivity index (χ4n) is 5.99. The number of hydrogen-bond donors (Lipinski definition) is 0. The average molecular weight is 725 g/mol. The second-order valence-electron chi connectivity index (χ2n) is 13.3. The lowest BCUT2D eigenvalue weighted by Crippen LogP contribution is -2.58. The standard InChI is InChI=1S/C44H60O5Si2/c1-9-13-29-45-37-21-17-25-41(33(37)5)50(42-26-18-22-38(34(42)6)46-30-14-10-2)49-51(43-27-19-23-39(35(43)7)47-31-15-11-3)44-28-20-24-40(36(44)8)48-32-16-12-4/h17-28H,9-16,29-32H2,1-8H3. The maximum Gasteiger partial charge on any atom is 0.273 e. The number of hydrogen-bond acceptors (Lipinski definition) is 5. The minimum Gasteiger partial charge on any atom is -0.493 e. The van der Waals surface area contributed by atoms with Crippen LogP contribution < -0.4 is 39.7 Å². The molecule has 2 radical (unpaired) electrons. The fourth-order valence-corrected chi connectivity index (χ4v) is 12.0. The van der Waals surface area contributed by atoms with Gasteiger partial charge in [-0.15, -0.1) is 0 Å². The minimum absolute atomic E-state index is 0.701. The van der Waals surface area contributed by atoms with E-state index < -0.39 is 18.1 Å². The van der Waals surface area contributed by atoms with Crippen molar-refractivity contribution in [2.75, 3.05) is 26.4 Å². The summed E-state index contributed by atoms with van der Waals surface area (Å²) >= 11 is 0. The van der Waals surface area contributed by atoms with Crippen LogP contribution in [0.25, 0.3) is 0 Å². The molecule has 4 aromatic rings. The maximum atomic E-state index is 7.82. The Kier molecular flexibility index (Phi) is 16.7. The summed E-state index contributed by atoms with van der Waals surface area (Å²) in [6.07, 6.45) is 8.45. The Balaban J connectivity index is 1.93. The molecule has 0 aliphatic heterocycles. The predicted octanol–water partition coefficient (Wildman–Crippen LogP) is 8.56. The molecule has 0 saturated carbocycles. The summed E-state index contributed by atoms with van der Waals surface area (Å²) < 4.78 is 33.3. The molecule has 0 aliphatic carbocycles. The van der Waals surface area contributed by atoms with E-state index in [9.17, 15) is 0 Å². The lowest BCUT2D eigenvalue weighted by atomic mass is 10.2. The van der Waals surface area contributed by atoms with Gasteiger partial charge in [0.15, 0.2) is 0 Å². The number of ether oxygens (including phenoxy) is 4. The van der Waals surface area contributed by atoms with E-state index in [-0.39, 0.29) is 0 Å². The fraction of sp³-hybridized carbons (Fsp3) is 0.455. The van der Waals surface area contributed by atoms with Gasteiger partial charge in [-0.05, 0) is 121 Å². The van der Waals surface area contributed by atoms with E-state index in [0.29, 0.717) is 26.4 Å². The maximum absolute atomic E-state index is 7.82. The Labute approximate surface area is 312 Å². The van der Waals surface area contributed by atoms with Crippen LogP contribution in [0.15, 0.2) is 72.8 Å². The Bertz CT molecular complexity index is 1420. The predicted molar refractivity (Wildman–Crippen MR) is 217 cm³/mol. The second-order valence-corrected chi connectivity index (χ2v) is 17.6. The zero-order valence-corrected chi connectivity index (χ0v) is 34.5. The van der Waals surface area contributed by atoms with Crippen molar-refractivity contribution < 1.29 is 23.1 Å². The van der Waals surface area contributed by atoms with Crippen molar-refractivity contribution in [2.24, 2.45) is 0 Å². The third kappa shape index (κ3) is 10.7. The highest BCUT2D eigenvalue weighted by molar-refractivity contribution is 6.92. The molecule has 0 amide bonds. The van der Waals surface area contributed by atoms with Crippen molar-refractivity contribution in [3.8, 4) is 23.0 Å². The first-order valence-electron chi connectivity index (χ1n) is 19.2. The first-order valence-corrected chi connectivity index (χ1v) is 22.0. The molecule has 4 rings (SSSR count). The summed E-state index contributed by atoms with van der Waals surface area (Å²) in [7, 11) is -3.71. The lowest BCUT2D eigenvalue weighted by molar-refractivity contribution is 0.307. The van der Waals surface area contributed by atoms with Crippen LogP contribution in [-0.4, -0.2) is 44.5 Å². The van der Waals surface area contributed by atoms with Crippen molar-refractivity contribution in [1.29, 1.82) is 0 Å². The number of unbranched alkanes of at least 4 members (excludes halogenated alkanes) is 4. The van der Waals surface area contributed by atoms with Crippen LogP contribution >= 0.6 is 0 Å². The van der Waals surface area contributed by atoms with Crippen molar-refractivity contribution in [3.63, 3.8) is 0 Å². The van der Waals surface area contributed by atoms with Crippen LogP contribution in [0.5, 0.6) is 23.0 Å². The molecule has 0 unspecified atom stereocenters. The molecular formula is C44H60O5Si2. The quantitative estimate of drug-likeness (QED) is 0.0601. The van der Waals surface area contributed by atoms with Gasteiger partial charge in [-0.2, -0.15) is 0 Å². The number of benzene rings is 4. The number of rotatable bonds is 22. The highest BCUT2D eigenvalue weighted by Crippen LogP contribution is 2.23. The summed E-state index contributed by atoms with van der Waals surface area (Å²) in [5, 5.41) is 4.80. The van der Waals surface area contributed by atoms with Crippen molar-refractivity contribution in [2.45, 2.75) is 107 Å². The smallest absolute Gasteiger partial charge is 0.273 e. The van der Waals surface area contributed by atoms with E-state index in [4.69, 9.17) is 23.1 Å². The zero-order valence-electron chi connectivity index (χ0n) is 32.5. The van der Waals surface area contributed by atoms with E-state index in [1.54, 1.807) is 0 Å². The van der Waals surface area contributed by atoms with Gasteiger partial charge in [-0.3, -0.25) is 0 Å². The van der Waals surface area contributed by atoms with Gasteiger partial charge in [0, 0.05) is 0 Å². The summed E-state index contributed by atoms with van der Waals surface area (Å²) in [5.74, 6) is 3.72. The summed E-state index contributed by atoms with van der Waals surface area (Å²) in [6, 6.07) is 25.9. The Morgan fingerprint density at radius 2 is 0.608 bits per heavy atom. The largest absolute Gasteiger partial charge is 0.493 e. The molecule has 0 heterocycles. The Morgan fingerprint density at radius 3 is 0.824 bits per heavy atom. The summed E-state index contributed by atoms with van der Waals surface area (Å²) in [6.45, 7) is 20.3. The van der Waals surface area contributed by atoms with Gasteiger partial charge >= 0.3 is 0 Å². The molecule has 0 aliphatic rings. The highest BCUT2D eigenvalue weighted by Gasteiger charge is 2.34. The second kappa shape index (κ2) is 21.1. The lowest BCUT2D eigenvalue weighted by Gasteiger charge is -2.29. The average Bonchev–Trinajstić information content (AvgIpc) is 3.13. The molecule has 0 N–H and O–H groups in total. The van der Waals surface area contributed by atoms with Gasteiger partial charge in [0.1, 0.15) is 23.0 Å². The van der Waals surface area contributed by atoms with Crippen LogP contribution in [0.2, 0.25) is 0 Å². The van der Waals surface area contributed by atoms with E-state index in [2.05, 4.69) is 128 Å². The normalized spacial score (nSPS) is 11.3. The molecule has 0 bridgehead atoms. The topological polar surface area (TPSA) is 46.2 Å². The van der Waals surface area contributed by atoms with E-state index >= 15 is 0 Å². The SMILES string of the molecule is CCCCOc1cccc([Si](O[Si](c2cccc(OCCCC)c2C)c2cccc(OCCCC)c2C)c2cccc(OCCCC)c2C)c1C. The van der Waals surface area contributed by atoms with E-state index in [1.807, 2.05) is 0 Å². The molecule has 5 nitrogen and oxygen atoms in total. The summed E-state index contributed by atoms with van der Waals surface area (Å²) in [4.78, 5) is 0. The van der Waals surface area contributed by atoms with Gasteiger partial charge in [-0.1, -0.05) is 102 Å². The van der Waals surface area contributed by atoms with Crippen LogP contribution in [0.3, 0.4) is 0 Å². The minimum atomic E-state index is -1.85. The molecular weight excluding hydrogens is 665 g/mol. The van der Waals surface area contributed by atoms with Crippen molar-refractivity contribution in [1.82, 2.24) is 0 Å². The molecule has 7 heteroatoms. The first-order chi connectivity index (χ1) is 24.9. The highest BCUT2D eigenvalue weighted by atomic mass is 28.4. The Morgan fingerprint density at radius 1 is 0.373 bits per heavy atom. The third-order valence-electron chi connectivity index (χ3n) is 9.34. The van der Waals surface area contributed by atoms with Crippen LogP contribution in [0.1, 0.15) is 101 Å². The van der Waals surface area contributed by atoms with Gasteiger partial charge in [0.25, 0.3) is 18.1 Å². The molecule has 274 valence electrons. The molecule has 0 spiro atoms. The van der Waals surface area contributed by atoms with Gasteiger partial charge in [-0.25, -0.2) is 0 Å². The first kappa shape index (κ1) is 40.2. The van der Waals surface area contributed by atoms with E-state index in [1.165, 1.54) is 20.7 Å². The van der Waals surface area contributed by atoms with Crippen LogP contribution in [0, 0.1) is 27.7 Å². The monoisotopic (exact) mass is 724 g/mol. The van der Waals surface area contributed by atoms with Gasteiger partial charge in [0.05, 0.1) is 26.4 Å². The zero-order chi connectivity index (χ0) is 36.6. The Hall–Kier alpha value is -3.53. The molecule has 0 atom stereocenters.